The minimum atomic E-state index is -3.58. The third kappa shape index (κ3) is 4.83. The summed E-state index contributed by atoms with van der Waals surface area (Å²) in [6.07, 6.45) is 3.59. The Balaban J connectivity index is 1.05. The number of sulfonamides is 1. The van der Waals surface area contributed by atoms with Crippen LogP contribution in [0.2, 0.25) is 0 Å². The first kappa shape index (κ1) is 22.1. The normalized spacial score (nSPS) is 17.1. The van der Waals surface area contributed by atoms with Gasteiger partial charge in [0.2, 0.25) is 16.8 Å². The molecule has 3 aromatic rings. The van der Waals surface area contributed by atoms with Gasteiger partial charge in [-0.25, -0.2) is 17.5 Å². The summed E-state index contributed by atoms with van der Waals surface area (Å²) in [6.45, 7) is 3.31. The van der Waals surface area contributed by atoms with Crippen molar-refractivity contribution in [3.05, 3.63) is 47.9 Å². The van der Waals surface area contributed by atoms with Crippen LogP contribution in [0.25, 0.3) is 11.0 Å². The highest BCUT2D eigenvalue weighted by atomic mass is 32.2. The van der Waals surface area contributed by atoms with E-state index in [0.29, 0.717) is 29.5 Å². The maximum absolute atomic E-state index is 13.4. The zero-order valence-electron chi connectivity index (χ0n) is 18.1. The molecule has 0 aliphatic carbocycles. The van der Waals surface area contributed by atoms with E-state index < -0.39 is 10.0 Å². The van der Waals surface area contributed by atoms with Crippen LogP contribution in [0.1, 0.15) is 37.3 Å². The fraction of sp³-hybridized carbons (Fsp3) is 0.435. The molecular weight excluding hydrogens is 449 g/mol. The smallest absolute Gasteiger partial charge is 0.240 e. The summed E-state index contributed by atoms with van der Waals surface area (Å²) in [6, 6.07) is 9.19. The first-order chi connectivity index (χ1) is 16.0. The number of rotatable bonds is 8. The number of benzene rings is 2. The van der Waals surface area contributed by atoms with E-state index in [1.165, 1.54) is 24.3 Å². The Hall–Kier alpha value is -2.69. The quantitative estimate of drug-likeness (QED) is 0.497. The van der Waals surface area contributed by atoms with Crippen LogP contribution in [0.3, 0.4) is 0 Å². The summed E-state index contributed by atoms with van der Waals surface area (Å²) in [4.78, 5) is 2.57. The number of likely N-dealkylation sites (tertiary alicyclic amines) is 1. The molecule has 10 heteroatoms. The minimum Gasteiger partial charge on any atom is -0.454 e. The molecule has 0 spiro atoms. The van der Waals surface area contributed by atoms with Crippen molar-refractivity contribution in [1.29, 1.82) is 0 Å². The maximum atomic E-state index is 13.4. The van der Waals surface area contributed by atoms with Crippen molar-refractivity contribution >= 4 is 21.0 Å². The van der Waals surface area contributed by atoms with E-state index in [0.717, 1.165) is 56.4 Å². The lowest BCUT2D eigenvalue weighted by Gasteiger charge is -2.31. The van der Waals surface area contributed by atoms with Crippen molar-refractivity contribution in [1.82, 2.24) is 14.8 Å². The van der Waals surface area contributed by atoms with Gasteiger partial charge in [0.25, 0.3) is 0 Å². The second kappa shape index (κ2) is 9.28. The van der Waals surface area contributed by atoms with Crippen LogP contribution in [0.5, 0.6) is 11.5 Å². The molecular formula is C23H26FN3O5S. The van der Waals surface area contributed by atoms with Crippen LogP contribution in [0.4, 0.5) is 4.39 Å². The highest BCUT2D eigenvalue weighted by molar-refractivity contribution is 7.89. The molecule has 0 unspecified atom stereocenters. The maximum Gasteiger partial charge on any atom is 0.240 e. The molecule has 1 saturated heterocycles. The number of nitrogens with one attached hydrogen (secondary N) is 1. The summed E-state index contributed by atoms with van der Waals surface area (Å²) in [5.74, 6) is 0.995. The van der Waals surface area contributed by atoms with Gasteiger partial charge in [0.05, 0.1) is 10.6 Å². The standard InChI is InChI=1S/C23H26FN3O5S/c24-17-3-5-19-21(13-17)32-26-23(19)16-7-11-27(12-8-16)10-2-1-9-25-33(28,29)18-4-6-20-22(14-18)31-15-30-20/h3-6,13-14,16,25H,1-2,7-12,15H2. The topological polar surface area (TPSA) is 93.9 Å². The number of hydrogen-bond acceptors (Lipinski definition) is 7. The van der Waals surface area contributed by atoms with Crippen LogP contribution in [0.15, 0.2) is 45.8 Å². The molecule has 1 aromatic heterocycles. The Morgan fingerprint density at radius 2 is 1.88 bits per heavy atom. The van der Waals surface area contributed by atoms with Crippen LogP contribution >= 0.6 is 0 Å². The van der Waals surface area contributed by atoms with Crippen molar-refractivity contribution in [3.8, 4) is 11.5 Å². The van der Waals surface area contributed by atoms with Gasteiger partial charge in [-0.05, 0) is 69.6 Å². The van der Waals surface area contributed by atoms with Gasteiger partial charge in [-0.15, -0.1) is 0 Å². The molecule has 0 radical (unpaired) electrons. The molecule has 0 atom stereocenters. The van der Waals surface area contributed by atoms with Crippen molar-refractivity contribution in [3.63, 3.8) is 0 Å². The highest BCUT2D eigenvalue weighted by Crippen LogP contribution is 2.34. The lowest BCUT2D eigenvalue weighted by molar-refractivity contribution is 0.174. The number of hydrogen-bond donors (Lipinski definition) is 1. The van der Waals surface area contributed by atoms with Gasteiger partial charge >= 0.3 is 0 Å². The second-order valence-electron chi connectivity index (χ2n) is 8.44. The van der Waals surface area contributed by atoms with E-state index in [-0.39, 0.29) is 17.5 Å². The van der Waals surface area contributed by atoms with Crippen molar-refractivity contribution in [2.24, 2.45) is 0 Å². The van der Waals surface area contributed by atoms with Gasteiger partial charge in [0.1, 0.15) is 5.82 Å². The first-order valence-corrected chi connectivity index (χ1v) is 12.6. The van der Waals surface area contributed by atoms with Gasteiger partial charge in [-0.1, -0.05) is 5.16 Å². The predicted molar refractivity (Wildman–Crippen MR) is 119 cm³/mol. The van der Waals surface area contributed by atoms with Gasteiger partial charge < -0.3 is 18.9 Å². The van der Waals surface area contributed by atoms with Gasteiger partial charge in [0.15, 0.2) is 17.1 Å². The number of nitrogens with zero attached hydrogens (tertiary/aromatic N) is 2. The van der Waals surface area contributed by atoms with Gasteiger partial charge in [0, 0.05) is 30.0 Å². The number of piperidine rings is 1. The summed E-state index contributed by atoms with van der Waals surface area (Å²) in [7, 11) is -3.58. The van der Waals surface area contributed by atoms with Crippen molar-refractivity contribution in [2.45, 2.75) is 36.5 Å². The lowest BCUT2D eigenvalue weighted by Crippen LogP contribution is -2.34. The average molecular weight is 476 g/mol. The molecule has 0 bridgehead atoms. The number of unbranched alkanes of at least 4 members (excludes halogenated alkanes) is 1. The molecule has 1 fully saturated rings. The third-order valence-corrected chi connectivity index (χ3v) is 7.74. The van der Waals surface area contributed by atoms with Gasteiger partial charge in [-0.2, -0.15) is 0 Å². The molecule has 2 aromatic carbocycles. The zero-order valence-corrected chi connectivity index (χ0v) is 18.9. The summed E-state index contributed by atoms with van der Waals surface area (Å²) >= 11 is 0. The lowest BCUT2D eigenvalue weighted by atomic mass is 9.91. The Morgan fingerprint density at radius 1 is 1.06 bits per heavy atom. The minimum absolute atomic E-state index is 0.110. The molecule has 1 N–H and O–H groups in total. The Bertz CT molecular complexity index is 1240. The Kier molecular flexibility index (Phi) is 6.22. The molecule has 2 aliphatic rings. The SMILES string of the molecule is O=S(=O)(NCCCCN1CCC(c2noc3cc(F)ccc23)CC1)c1ccc2c(c1)OCO2. The van der Waals surface area contributed by atoms with Crippen LogP contribution in [-0.4, -0.2) is 51.4 Å². The van der Waals surface area contributed by atoms with Crippen LogP contribution < -0.4 is 14.2 Å². The van der Waals surface area contributed by atoms with E-state index in [1.807, 2.05) is 0 Å². The largest absolute Gasteiger partial charge is 0.454 e. The van der Waals surface area contributed by atoms with E-state index in [1.54, 1.807) is 12.1 Å². The predicted octanol–water partition coefficient (Wildman–Crippen LogP) is 3.63. The monoisotopic (exact) mass is 475 g/mol. The third-order valence-electron chi connectivity index (χ3n) is 6.28. The number of ether oxygens (including phenoxy) is 2. The summed E-state index contributed by atoms with van der Waals surface area (Å²) < 4.78 is 56.8. The number of halogens is 1. The molecule has 176 valence electrons. The van der Waals surface area contributed by atoms with E-state index in [4.69, 9.17) is 14.0 Å². The van der Waals surface area contributed by atoms with Crippen molar-refractivity contribution < 1.29 is 26.8 Å². The van der Waals surface area contributed by atoms with E-state index in [9.17, 15) is 12.8 Å². The molecule has 8 nitrogen and oxygen atoms in total. The summed E-state index contributed by atoms with van der Waals surface area (Å²) in [5, 5.41) is 5.09. The molecule has 0 amide bonds. The molecule has 3 heterocycles. The second-order valence-corrected chi connectivity index (χ2v) is 10.2. The summed E-state index contributed by atoms with van der Waals surface area (Å²) in [5.41, 5.74) is 1.42. The molecule has 5 rings (SSSR count). The van der Waals surface area contributed by atoms with Crippen LogP contribution in [-0.2, 0) is 10.0 Å². The zero-order chi connectivity index (χ0) is 22.8. The van der Waals surface area contributed by atoms with Gasteiger partial charge in [-0.3, -0.25) is 0 Å². The Labute approximate surface area is 191 Å². The highest BCUT2D eigenvalue weighted by Gasteiger charge is 2.25. The molecule has 33 heavy (non-hydrogen) atoms. The van der Waals surface area contributed by atoms with E-state index >= 15 is 0 Å². The van der Waals surface area contributed by atoms with E-state index in [2.05, 4.69) is 14.8 Å². The fourth-order valence-electron chi connectivity index (χ4n) is 4.45. The Morgan fingerprint density at radius 3 is 2.73 bits per heavy atom. The molecule has 0 saturated carbocycles. The first-order valence-electron chi connectivity index (χ1n) is 11.2. The molecule has 2 aliphatic heterocycles. The number of aromatic nitrogens is 1. The average Bonchev–Trinajstić information content (AvgIpc) is 3.45. The van der Waals surface area contributed by atoms with Crippen molar-refractivity contribution in [2.75, 3.05) is 33.0 Å². The number of fused-ring (bicyclic) bond motifs is 2. The fourth-order valence-corrected chi connectivity index (χ4v) is 5.54. The van der Waals surface area contributed by atoms with Crippen LogP contribution in [0, 0.1) is 5.82 Å².